The topological polar surface area (TPSA) is 41.1 Å². The van der Waals surface area contributed by atoms with Crippen LogP contribution in [0.25, 0.3) is 0 Å². The molecule has 0 bridgehead atoms. The molecule has 1 saturated heterocycles. The molecule has 1 amide bonds. The van der Waals surface area contributed by atoms with Gasteiger partial charge in [-0.05, 0) is 11.1 Å². The summed E-state index contributed by atoms with van der Waals surface area (Å²) in [6.45, 7) is 0.364. The van der Waals surface area contributed by atoms with Gasteiger partial charge in [0.05, 0.1) is 18.6 Å². The highest BCUT2D eigenvalue weighted by Gasteiger charge is 2.30. The maximum absolute atomic E-state index is 11.7. The van der Waals surface area contributed by atoms with Crippen LogP contribution in [0.15, 0.2) is 60.7 Å². The molecule has 0 saturated carbocycles. The van der Waals surface area contributed by atoms with Crippen molar-refractivity contribution in [2.75, 3.05) is 6.54 Å². The first-order valence-electron chi connectivity index (χ1n) is 6.47. The molecule has 0 spiro atoms. The molecule has 1 aliphatic heterocycles. The maximum Gasteiger partial charge on any atom is 0.234 e. The predicted octanol–water partition coefficient (Wildman–Crippen LogP) is 2.19. The third-order valence-corrected chi connectivity index (χ3v) is 3.45. The van der Waals surface area contributed by atoms with Crippen molar-refractivity contribution < 1.29 is 4.79 Å². The van der Waals surface area contributed by atoms with Crippen LogP contribution in [0.5, 0.6) is 0 Å². The fraction of sp³-hybridized carbons (Fsp3) is 0.188. The molecule has 3 heteroatoms. The highest BCUT2D eigenvalue weighted by molar-refractivity contribution is 5.79. The second-order valence-electron chi connectivity index (χ2n) is 4.73. The number of benzene rings is 2. The van der Waals surface area contributed by atoms with E-state index in [1.165, 1.54) is 5.56 Å². The molecule has 2 atom stereocenters. The van der Waals surface area contributed by atoms with Crippen LogP contribution in [-0.2, 0) is 4.79 Å². The Morgan fingerprint density at radius 2 is 1.32 bits per heavy atom. The van der Waals surface area contributed by atoms with Gasteiger partial charge in [-0.2, -0.15) is 0 Å². The van der Waals surface area contributed by atoms with E-state index in [0.29, 0.717) is 6.54 Å². The smallest absolute Gasteiger partial charge is 0.234 e. The van der Waals surface area contributed by atoms with Crippen LogP contribution in [0.2, 0.25) is 0 Å². The van der Waals surface area contributed by atoms with Gasteiger partial charge in [0.15, 0.2) is 0 Å². The van der Waals surface area contributed by atoms with Gasteiger partial charge < -0.3 is 5.32 Å². The van der Waals surface area contributed by atoms with E-state index in [9.17, 15) is 4.79 Å². The Bertz CT molecular complexity index is 553. The number of carbonyl (C=O) groups is 1. The minimum absolute atomic E-state index is 0.0233. The number of rotatable bonds is 2. The van der Waals surface area contributed by atoms with Crippen LogP contribution < -0.4 is 10.6 Å². The van der Waals surface area contributed by atoms with Gasteiger partial charge in [-0.1, -0.05) is 60.7 Å². The van der Waals surface area contributed by atoms with Crippen LogP contribution in [0.4, 0.5) is 0 Å². The minimum atomic E-state index is -0.0233. The largest absolute Gasteiger partial charge is 0.346 e. The Hall–Kier alpha value is -2.13. The molecule has 3 rings (SSSR count). The Morgan fingerprint density at radius 3 is 1.89 bits per heavy atom. The van der Waals surface area contributed by atoms with Gasteiger partial charge in [0.1, 0.15) is 0 Å². The summed E-state index contributed by atoms with van der Waals surface area (Å²) >= 11 is 0. The number of amides is 1. The molecule has 1 heterocycles. The molecular formula is C16H16N2O. The van der Waals surface area contributed by atoms with Crippen molar-refractivity contribution in [1.29, 1.82) is 0 Å². The van der Waals surface area contributed by atoms with Crippen LogP contribution >= 0.6 is 0 Å². The molecular weight excluding hydrogens is 236 g/mol. The average molecular weight is 252 g/mol. The van der Waals surface area contributed by atoms with Crippen molar-refractivity contribution >= 4 is 5.91 Å². The van der Waals surface area contributed by atoms with Gasteiger partial charge in [0.25, 0.3) is 0 Å². The first-order chi connectivity index (χ1) is 9.34. The molecule has 96 valence electrons. The molecule has 3 nitrogen and oxygen atoms in total. The van der Waals surface area contributed by atoms with Gasteiger partial charge in [0.2, 0.25) is 5.91 Å². The molecule has 2 aromatic rings. The number of piperazine rings is 1. The SMILES string of the molecule is O=C1CN[C@@H](c2ccccc2)[C@H](c2ccccc2)N1. The summed E-state index contributed by atoms with van der Waals surface area (Å²) in [5.74, 6) is 0.0426. The predicted molar refractivity (Wildman–Crippen MR) is 74.5 cm³/mol. The summed E-state index contributed by atoms with van der Waals surface area (Å²) in [6, 6.07) is 20.4. The molecule has 1 fully saturated rings. The Labute approximate surface area is 112 Å². The molecule has 19 heavy (non-hydrogen) atoms. The molecule has 0 aliphatic carbocycles. The molecule has 2 N–H and O–H groups in total. The summed E-state index contributed by atoms with van der Waals surface area (Å²) in [6.07, 6.45) is 0. The number of nitrogens with one attached hydrogen (secondary N) is 2. The van der Waals surface area contributed by atoms with E-state index in [2.05, 4.69) is 22.8 Å². The zero-order valence-electron chi connectivity index (χ0n) is 10.5. The molecule has 1 aliphatic rings. The normalized spacial score (nSPS) is 22.8. The van der Waals surface area contributed by atoms with Gasteiger partial charge in [-0.15, -0.1) is 0 Å². The highest BCUT2D eigenvalue weighted by Crippen LogP contribution is 2.30. The molecule has 2 aromatic carbocycles. The lowest BCUT2D eigenvalue weighted by Crippen LogP contribution is -2.49. The summed E-state index contributed by atoms with van der Waals surface area (Å²) in [5.41, 5.74) is 2.31. The van der Waals surface area contributed by atoms with Crippen molar-refractivity contribution in [1.82, 2.24) is 10.6 Å². The van der Waals surface area contributed by atoms with Crippen LogP contribution in [-0.4, -0.2) is 12.5 Å². The van der Waals surface area contributed by atoms with E-state index < -0.39 is 0 Å². The van der Waals surface area contributed by atoms with Crippen molar-refractivity contribution in [3.05, 3.63) is 71.8 Å². The summed E-state index contributed by atoms with van der Waals surface area (Å²) in [7, 11) is 0. The lowest BCUT2D eigenvalue weighted by molar-refractivity contribution is -0.123. The van der Waals surface area contributed by atoms with E-state index >= 15 is 0 Å². The van der Waals surface area contributed by atoms with Crippen molar-refractivity contribution in [2.24, 2.45) is 0 Å². The lowest BCUT2D eigenvalue weighted by Gasteiger charge is -2.34. The highest BCUT2D eigenvalue weighted by atomic mass is 16.2. The van der Waals surface area contributed by atoms with Gasteiger partial charge in [-0.3, -0.25) is 10.1 Å². The van der Waals surface area contributed by atoms with Crippen molar-refractivity contribution in [2.45, 2.75) is 12.1 Å². The maximum atomic E-state index is 11.7. The van der Waals surface area contributed by atoms with Crippen molar-refractivity contribution in [3.8, 4) is 0 Å². The quantitative estimate of drug-likeness (QED) is 0.860. The second kappa shape index (κ2) is 5.24. The van der Waals surface area contributed by atoms with Crippen LogP contribution in [0, 0.1) is 0 Å². The van der Waals surface area contributed by atoms with E-state index in [-0.39, 0.29) is 18.0 Å². The first-order valence-corrected chi connectivity index (χ1v) is 6.47. The monoisotopic (exact) mass is 252 g/mol. The summed E-state index contributed by atoms with van der Waals surface area (Å²) < 4.78 is 0. The second-order valence-corrected chi connectivity index (χ2v) is 4.73. The van der Waals surface area contributed by atoms with E-state index in [1.54, 1.807) is 0 Å². The molecule has 0 aromatic heterocycles. The summed E-state index contributed by atoms with van der Waals surface area (Å²) in [4.78, 5) is 11.7. The van der Waals surface area contributed by atoms with Gasteiger partial charge >= 0.3 is 0 Å². The fourth-order valence-corrected chi connectivity index (χ4v) is 2.54. The number of hydrogen-bond acceptors (Lipinski definition) is 2. The van der Waals surface area contributed by atoms with Gasteiger partial charge in [-0.25, -0.2) is 0 Å². The fourth-order valence-electron chi connectivity index (χ4n) is 2.54. The zero-order valence-corrected chi connectivity index (χ0v) is 10.5. The van der Waals surface area contributed by atoms with E-state index in [0.717, 1.165) is 5.56 Å². The molecule has 0 unspecified atom stereocenters. The van der Waals surface area contributed by atoms with E-state index in [4.69, 9.17) is 0 Å². The average Bonchev–Trinajstić information content (AvgIpc) is 2.49. The molecule has 0 radical (unpaired) electrons. The summed E-state index contributed by atoms with van der Waals surface area (Å²) in [5, 5.41) is 6.40. The lowest BCUT2D eigenvalue weighted by atomic mass is 9.92. The Kier molecular flexibility index (Phi) is 3.29. The number of hydrogen-bond donors (Lipinski definition) is 2. The standard InChI is InChI=1S/C16H16N2O/c19-14-11-17-15(12-7-3-1-4-8-12)16(18-14)13-9-5-2-6-10-13/h1-10,15-17H,11H2,(H,18,19)/t15-,16-/m0/s1. The van der Waals surface area contributed by atoms with E-state index in [1.807, 2.05) is 48.5 Å². The Morgan fingerprint density at radius 1 is 0.789 bits per heavy atom. The number of carbonyl (C=O) groups excluding carboxylic acids is 1. The van der Waals surface area contributed by atoms with Crippen LogP contribution in [0.3, 0.4) is 0 Å². The zero-order chi connectivity index (χ0) is 13.1. The Balaban J connectivity index is 1.95. The van der Waals surface area contributed by atoms with Crippen molar-refractivity contribution in [3.63, 3.8) is 0 Å². The third kappa shape index (κ3) is 2.51. The minimum Gasteiger partial charge on any atom is -0.346 e. The first kappa shape index (κ1) is 11.9. The van der Waals surface area contributed by atoms with Crippen LogP contribution in [0.1, 0.15) is 23.2 Å². The van der Waals surface area contributed by atoms with Gasteiger partial charge in [0, 0.05) is 0 Å². The third-order valence-electron chi connectivity index (χ3n) is 3.45.